The Hall–Kier alpha value is -11.2. The first-order valence-corrected chi connectivity index (χ1v) is 52.9. The molecular formula is C120H125O7S5+5. The van der Waals surface area contributed by atoms with Crippen LogP contribution in [0.25, 0.3) is 125 Å². The Morgan fingerprint density at radius 3 is 0.818 bits per heavy atom. The van der Waals surface area contributed by atoms with Gasteiger partial charge in [0, 0.05) is 150 Å². The zero-order valence-corrected chi connectivity index (χ0v) is 82.1. The largest absolute Gasteiger partial charge is 0.491 e. The normalized spacial score (nSPS) is 11.7. The molecular weight excluding hydrogens is 1710 g/mol. The summed E-state index contributed by atoms with van der Waals surface area (Å²) in [6, 6.07) is 120. The molecule has 7 nitrogen and oxygen atoms in total. The fraction of sp³-hybridized carbons (Fsp3) is 0.250. The van der Waals surface area contributed by atoms with E-state index in [9.17, 15) is 5.11 Å². The Balaban J connectivity index is 0.000000121. The molecule has 0 aliphatic carbocycles. The molecule has 0 spiro atoms. The number of benzene rings is 15. The fourth-order valence-corrected chi connectivity index (χ4v) is 30.3. The van der Waals surface area contributed by atoms with Crippen LogP contribution in [0.5, 0.6) is 11.5 Å². The van der Waals surface area contributed by atoms with Crippen molar-refractivity contribution in [1.82, 2.24) is 0 Å². The van der Waals surface area contributed by atoms with Crippen molar-refractivity contribution in [2.75, 3.05) is 46.2 Å². The Morgan fingerprint density at radius 2 is 0.500 bits per heavy atom. The number of unbranched alkanes of at least 4 members (excludes halogenated alkanes) is 7. The molecule has 12 heteroatoms. The first kappa shape index (κ1) is 94.0. The van der Waals surface area contributed by atoms with E-state index in [1.807, 2.05) is 12.1 Å². The van der Waals surface area contributed by atoms with Crippen LogP contribution in [0.1, 0.15) is 143 Å². The maximum Gasteiger partial charge on any atom is 0.187 e. The molecule has 5 N–H and O–H groups in total. The van der Waals surface area contributed by atoms with E-state index < -0.39 is 0 Å². The van der Waals surface area contributed by atoms with Crippen molar-refractivity contribution in [1.29, 1.82) is 0 Å². The monoisotopic (exact) mass is 1840 g/mol. The highest BCUT2D eigenvalue weighted by molar-refractivity contribution is 7.52. The number of ether oxygens (including phenoxy) is 2. The summed E-state index contributed by atoms with van der Waals surface area (Å²) in [7, 11) is -0.235. The summed E-state index contributed by atoms with van der Waals surface area (Å²) in [5.41, 5.74) is 11.7. The van der Waals surface area contributed by atoms with E-state index in [1.165, 1.54) is 216 Å². The maximum atomic E-state index is 9.25. The van der Waals surface area contributed by atoms with Gasteiger partial charge in [-0.15, -0.1) is 0 Å². The van der Waals surface area contributed by atoms with Crippen LogP contribution in [0, 0.1) is 27.7 Å². The van der Waals surface area contributed by atoms with Crippen molar-refractivity contribution in [2.24, 2.45) is 0 Å². The average molecular weight is 1840 g/mol. The summed E-state index contributed by atoms with van der Waals surface area (Å²) >= 11 is 0. The first-order chi connectivity index (χ1) is 64.2. The van der Waals surface area contributed by atoms with Gasteiger partial charge in [0.25, 0.3) is 0 Å². The number of hydrogen-bond acceptors (Lipinski definition) is 7. The molecule has 132 heavy (non-hydrogen) atoms. The lowest BCUT2D eigenvalue weighted by Gasteiger charge is -2.19. The van der Waals surface area contributed by atoms with Crippen LogP contribution in [0.4, 0.5) is 0 Å². The predicted octanol–water partition coefficient (Wildman–Crippen LogP) is 33.0. The van der Waals surface area contributed by atoms with Gasteiger partial charge >= 0.3 is 0 Å². The van der Waals surface area contributed by atoms with Gasteiger partial charge in [-0.2, -0.15) is 0 Å². The lowest BCUT2D eigenvalue weighted by molar-refractivity contribution is 0.200. The predicted molar refractivity (Wildman–Crippen MR) is 577 cm³/mol. The van der Waals surface area contributed by atoms with Crippen molar-refractivity contribution in [2.45, 2.75) is 151 Å². The summed E-state index contributed by atoms with van der Waals surface area (Å²) in [5.74, 6) is 1.69. The number of thiophene rings is 5. The molecule has 5 heterocycles. The Labute approximate surface area is 792 Å². The SMILES string of the molecule is CC(C)(C)c1ccc2c(c1)c1cc(C(C)(C)C)ccc1[s+]2-c1ccc(CCO)cc1.Cc1ccc2c(c1)c1cc(C)ccc1[s+]2-c1cc(C)c(OCCO)c(C)c1.OCCCCCCCCCCc1ccc(-[s+]2c3ccccc3c3ccccc32)cc1.OCCOc1ccc(-[s+]2c3ccccc3c3ccccc32)cc1.OCCc1ccc(-[s+]2c3ccccc3c3ccccc32)cc1. The number of aliphatic hydroxyl groups is 5. The minimum atomic E-state index is -0.0966. The Morgan fingerprint density at radius 1 is 0.227 bits per heavy atom. The van der Waals surface area contributed by atoms with Gasteiger partial charge < -0.3 is 35.0 Å². The number of fused-ring (bicyclic) bond motifs is 15. The fourth-order valence-electron chi connectivity index (χ4n) is 18.3. The van der Waals surface area contributed by atoms with Crippen molar-refractivity contribution in [3.05, 3.63) is 378 Å². The van der Waals surface area contributed by atoms with Gasteiger partial charge in [-0.1, -0.05) is 225 Å². The van der Waals surface area contributed by atoms with Gasteiger partial charge in [-0.05, 0) is 279 Å². The average Bonchev–Trinajstić information content (AvgIpc) is 1.59. The minimum absolute atomic E-state index is 0.0153. The molecule has 0 atom stereocenters. The molecule has 0 fully saturated rings. The van der Waals surface area contributed by atoms with Gasteiger partial charge in [0.15, 0.2) is 71.5 Å². The highest BCUT2D eigenvalue weighted by Crippen LogP contribution is 2.55. The third-order valence-electron chi connectivity index (χ3n) is 25.0. The molecule has 20 aromatic rings. The van der Waals surface area contributed by atoms with Gasteiger partial charge in [0.1, 0.15) is 24.7 Å². The first-order valence-electron chi connectivity index (χ1n) is 46.8. The number of rotatable bonds is 25. The summed E-state index contributed by atoms with van der Waals surface area (Å²) in [5, 5.41) is 58.8. The summed E-state index contributed by atoms with van der Waals surface area (Å²) in [4.78, 5) is 6.75. The number of hydrogen-bond donors (Lipinski definition) is 5. The molecule has 20 rings (SSSR count). The highest BCUT2D eigenvalue weighted by atomic mass is 32.2. The molecule has 0 amide bonds. The minimum Gasteiger partial charge on any atom is -0.491 e. The smallest absolute Gasteiger partial charge is 0.187 e. The third-order valence-corrected chi connectivity index (χ3v) is 36.7. The van der Waals surface area contributed by atoms with Crippen LogP contribution in [-0.4, -0.2) is 71.8 Å². The molecule has 0 unspecified atom stereocenters. The summed E-state index contributed by atoms with van der Waals surface area (Å²) in [6.07, 6.45) is 12.7. The van der Waals surface area contributed by atoms with Gasteiger partial charge in [0.2, 0.25) is 0 Å². The Bertz CT molecular complexity index is 7020. The molecule has 0 radical (unpaired) electrons. The van der Waals surface area contributed by atoms with Crippen LogP contribution in [-0.2, 0) is 30.1 Å². The van der Waals surface area contributed by atoms with Crippen molar-refractivity contribution < 1.29 is 35.0 Å². The van der Waals surface area contributed by atoms with Crippen molar-refractivity contribution in [3.8, 4) is 36.0 Å². The molecule has 0 bridgehead atoms. The standard InChI is InChI=1S/2C28H33OS.C24H25O2S.C20H17O2S.C20H17OS/c1-27(2,3)20-9-13-25-23(17-20)24-18-21(28(4,5)6)10-14-26(24)30(25)22-11-7-19(8-12-22)15-16-29;29-22-12-6-4-2-1-3-5-7-13-23-18-20-24(21-19-23)30-27-16-10-8-14-25(27)26-15-9-11-17-28(26)30;1-15-5-7-22-20(11-15)21-12-16(2)6-8-23(21)27(22)19-13-17(3)24(18(4)14-19)26-10-9-25;21-13-14-22-15-9-11-16(12-10-15)23-19-7-3-1-5-17(19)18-6-2-4-8-20(18)23;21-14-13-15-9-11-16(12-10-15)22-19-7-3-1-5-17(19)18-6-2-4-8-20(18)22/h7-14,17-18,29H,15-16H2,1-6H3;8-11,14-21,29H,1-7,12-13,22H2;5-8,11-14,25H,9-10H2,1-4H3;1-12,21H,13-14H2;1-12,21H,13-14H2/q5*+1. The second kappa shape index (κ2) is 43.2. The third kappa shape index (κ3) is 21.1. The van der Waals surface area contributed by atoms with E-state index >= 15 is 0 Å². The van der Waals surface area contributed by atoms with E-state index in [2.05, 4.69) is 385 Å². The molecule has 0 saturated carbocycles. The topological polar surface area (TPSA) is 120 Å². The van der Waals surface area contributed by atoms with Gasteiger partial charge in [0.05, 0.1) is 13.2 Å². The van der Waals surface area contributed by atoms with Gasteiger partial charge in [-0.3, -0.25) is 0 Å². The van der Waals surface area contributed by atoms with E-state index in [4.69, 9.17) is 29.9 Å². The van der Waals surface area contributed by atoms with Gasteiger partial charge in [-0.25, -0.2) is 0 Å². The zero-order chi connectivity index (χ0) is 92.0. The van der Waals surface area contributed by atoms with Crippen LogP contribution < -0.4 is 9.47 Å². The van der Waals surface area contributed by atoms with E-state index in [-0.39, 0.29) is 89.6 Å². The van der Waals surface area contributed by atoms with Crippen LogP contribution in [0.15, 0.2) is 328 Å². The Kier molecular flexibility index (Phi) is 30.8. The highest BCUT2D eigenvalue weighted by Gasteiger charge is 2.32. The second-order valence-electron chi connectivity index (χ2n) is 36.6. The van der Waals surface area contributed by atoms with E-state index in [0.29, 0.717) is 26.2 Å². The molecule has 15 aromatic carbocycles. The van der Waals surface area contributed by atoms with Crippen molar-refractivity contribution >= 4 is 153 Å². The number of aryl methyl sites for hydroxylation is 5. The zero-order valence-electron chi connectivity index (χ0n) is 78.0. The van der Waals surface area contributed by atoms with E-state index in [1.54, 1.807) is 0 Å². The molecule has 672 valence electrons. The maximum absolute atomic E-state index is 9.25. The lowest BCUT2D eigenvalue weighted by atomic mass is 9.85. The number of aliphatic hydroxyl groups excluding tert-OH is 5. The lowest BCUT2D eigenvalue weighted by Crippen LogP contribution is -2.10. The second-order valence-corrected chi connectivity index (χ2v) is 46.4. The molecule has 0 aliphatic rings. The van der Waals surface area contributed by atoms with Crippen molar-refractivity contribution in [3.63, 3.8) is 0 Å². The molecule has 5 aromatic heterocycles. The summed E-state index contributed by atoms with van der Waals surface area (Å²) < 4.78 is 25.4. The van der Waals surface area contributed by atoms with Crippen LogP contribution in [0.3, 0.4) is 0 Å². The van der Waals surface area contributed by atoms with E-state index in [0.717, 1.165) is 35.5 Å². The van der Waals surface area contributed by atoms with Crippen LogP contribution >= 0.6 is 52.3 Å². The molecule has 0 saturated heterocycles. The molecule has 0 aliphatic heterocycles. The summed E-state index contributed by atoms with van der Waals surface area (Å²) in [6.45, 7) is 23.7. The quantitative estimate of drug-likeness (QED) is 0.0286. The van der Waals surface area contributed by atoms with Crippen LogP contribution in [0.2, 0.25) is 0 Å².